The molecule has 0 saturated carbocycles. The zero-order valence-corrected chi connectivity index (χ0v) is 11.7. The Labute approximate surface area is 107 Å². The maximum absolute atomic E-state index is 6.55. The SMILES string of the molecule is Cc1ccc(C)c(C(C)(N)c2csc(C)c2)c1. The predicted octanol–water partition coefficient (Wildman–Crippen LogP) is 3.90. The van der Waals surface area contributed by atoms with Crippen molar-refractivity contribution < 1.29 is 0 Å². The zero-order chi connectivity index (χ0) is 12.6. The number of nitrogens with two attached hydrogens (primary N) is 1. The molecular formula is C15H19NS. The highest BCUT2D eigenvalue weighted by molar-refractivity contribution is 7.10. The molecule has 1 atom stereocenters. The molecule has 0 saturated heterocycles. The Morgan fingerprint density at radius 2 is 1.82 bits per heavy atom. The van der Waals surface area contributed by atoms with Crippen molar-refractivity contribution in [2.45, 2.75) is 33.2 Å². The fourth-order valence-electron chi connectivity index (χ4n) is 2.17. The van der Waals surface area contributed by atoms with Crippen LogP contribution < -0.4 is 5.73 Å². The van der Waals surface area contributed by atoms with Crippen molar-refractivity contribution in [2.75, 3.05) is 0 Å². The molecule has 0 aliphatic heterocycles. The molecule has 0 fully saturated rings. The molecule has 0 aliphatic rings. The molecule has 1 heterocycles. The lowest BCUT2D eigenvalue weighted by atomic mass is 9.84. The van der Waals surface area contributed by atoms with E-state index in [1.807, 2.05) is 0 Å². The summed E-state index contributed by atoms with van der Waals surface area (Å²) in [5.41, 5.74) is 11.1. The second-order valence-electron chi connectivity index (χ2n) is 4.97. The number of aryl methyl sites for hydroxylation is 3. The van der Waals surface area contributed by atoms with E-state index in [1.54, 1.807) is 11.3 Å². The van der Waals surface area contributed by atoms with Crippen molar-refractivity contribution in [3.63, 3.8) is 0 Å². The van der Waals surface area contributed by atoms with E-state index in [9.17, 15) is 0 Å². The topological polar surface area (TPSA) is 26.0 Å². The van der Waals surface area contributed by atoms with Gasteiger partial charge in [0.2, 0.25) is 0 Å². The van der Waals surface area contributed by atoms with Crippen LogP contribution in [0, 0.1) is 20.8 Å². The van der Waals surface area contributed by atoms with Gasteiger partial charge in [-0.3, -0.25) is 0 Å². The van der Waals surface area contributed by atoms with Crippen molar-refractivity contribution >= 4 is 11.3 Å². The molecule has 0 radical (unpaired) electrons. The number of benzene rings is 1. The van der Waals surface area contributed by atoms with Crippen LogP contribution in [0.25, 0.3) is 0 Å². The molecule has 17 heavy (non-hydrogen) atoms. The molecule has 0 aliphatic carbocycles. The van der Waals surface area contributed by atoms with Crippen molar-refractivity contribution in [3.05, 3.63) is 56.8 Å². The van der Waals surface area contributed by atoms with Crippen molar-refractivity contribution in [2.24, 2.45) is 5.73 Å². The van der Waals surface area contributed by atoms with Gasteiger partial charge >= 0.3 is 0 Å². The summed E-state index contributed by atoms with van der Waals surface area (Å²) in [6.45, 7) is 8.45. The first-order valence-corrected chi connectivity index (χ1v) is 6.71. The molecule has 90 valence electrons. The van der Waals surface area contributed by atoms with E-state index < -0.39 is 5.54 Å². The molecule has 2 heteroatoms. The zero-order valence-electron chi connectivity index (χ0n) is 10.9. The van der Waals surface area contributed by atoms with E-state index in [-0.39, 0.29) is 0 Å². The predicted molar refractivity (Wildman–Crippen MR) is 75.6 cm³/mol. The molecule has 1 unspecified atom stereocenters. The van der Waals surface area contributed by atoms with Crippen LogP contribution in [-0.4, -0.2) is 0 Å². The number of thiophene rings is 1. The fourth-order valence-corrected chi connectivity index (χ4v) is 2.99. The number of rotatable bonds is 2. The van der Waals surface area contributed by atoms with Crippen molar-refractivity contribution in [1.82, 2.24) is 0 Å². The molecule has 1 nitrogen and oxygen atoms in total. The number of hydrogen-bond acceptors (Lipinski definition) is 2. The summed E-state index contributed by atoms with van der Waals surface area (Å²) >= 11 is 1.76. The third-order valence-corrected chi connectivity index (χ3v) is 4.14. The van der Waals surface area contributed by atoms with Gasteiger partial charge in [0.25, 0.3) is 0 Å². The van der Waals surface area contributed by atoms with Gasteiger partial charge in [-0.2, -0.15) is 0 Å². The van der Waals surface area contributed by atoms with Gasteiger partial charge in [0.05, 0.1) is 5.54 Å². The smallest absolute Gasteiger partial charge is 0.0647 e. The lowest BCUT2D eigenvalue weighted by Gasteiger charge is -2.27. The third kappa shape index (κ3) is 2.28. The van der Waals surface area contributed by atoms with E-state index in [4.69, 9.17) is 5.73 Å². The Morgan fingerprint density at radius 3 is 2.41 bits per heavy atom. The van der Waals surface area contributed by atoms with Crippen LogP contribution in [0.2, 0.25) is 0 Å². The molecule has 0 spiro atoms. The van der Waals surface area contributed by atoms with Crippen LogP contribution in [0.5, 0.6) is 0 Å². The first-order valence-electron chi connectivity index (χ1n) is 5.83. The van der Waals surface area contributed by atoms with Crippen LogP contribution in [0.1, 0.15) is 34.1 Å². The second-order valence-corrected chi connectivity index (χ2v) is 6.08. The van der Waals surface area contributed by atoms with Gasteiger partial charge in [0, 0.05) is 4.88 Å². The fraction of sp³-hybridized carbons (Fsp3) is 0.333. The minimum atomic E-state index is -0.402. The van der Waals surface area contributed by atoms with E-state index in [0.29, 0.717) is 0 Å². The van der Waals surface area contributed by atoms with E-state index in [1.165, 1.54) is 27.1 Å². The van der Waals surface area contributed by atoms with Crippen LogP contribution in [0.15, 0.2) is 29.6 Å². The first-order chi connectivity index (χ1) is 7.91. The molecule has 1 aromatic heterocycles. The van der Waals surface area contributed by atoms with Crippen LogP contribution in [0.4, 0.5) is 0 Å². The van der Waals surface area contributed by atoms with Crippen LogP contribution in [-0.2, 0) is 5.54 Å². The van der Waals surface area contributed by atoms with Crippen molar-refractivity contribution in [1.29, 1.82) is 0 Å². The molecule has 2 rings (SSSR count). The lowest BCUT2D eigenvalue weighted by molar-refractivity contribution is 0.600. The van der Waals surface area contributed by atoms with Gasteiger partial charge < -0.3 is 5.73 Å². The summed E-state index contributed by atoms with van der Waals surface area (Å²) in [6, 6.07) is 8.66. The summed E-state index contributed by atoms with van der Waals surface area (Å²) in [7, 11) is 0. The lowest BCUT2D eigenvalue weighted by Crippen LogP contribution is -2.34. The number of hydrogen-bond donors (Lipinski definition) is 1. The quantitative estimate of drug-likeness (QED) is 0.853. The summed E-state index contributed by atoms with van der Waals surface area (Å²) in [5.74, 6) is 0. The Balaban J connectivity index is 2.54. The van der Waals surface area contributed by atoms with E-state index in [0.717, 1.165) is 0 Å². The molecule has 0 bridgehead atoms. The highest BCUT2D eigenvalue weighted by atomic mass is 32.1. The molecule has 2 aromatic rings. The van der Waals surface area contributed by atoms with Gasteiger partial charge in [-0.15, -0.1) is 11.3 Å². The second kappa shape index (κ2) is 4.28. The Bertz CT molecular complexity index is 538. The minimum Gasteiger partial charge on any atom is -0.318 e. The summed E-state index contributed by atoms with van der Waals surface area (Å²) < 4.78 is 0. The van der Waals surface area contributed by atoms with Crippen LogP contribution >= 0.6 is 11.3 Å². The van der Waals surface area contributed by atoms with Gasteiger partial charge in [0.1, 0.15) is 0 Å². The maximum atomic E-state index is 6.55. The van der Waals surface area contributed by atoms with Gasteiger partial charge in [-0.25, -0.2) is 0 Å². The highest BCUT2D eigenvalue weighted by Crippen LogP contribution is 2.32. The molecule has 0 amide bonds. The van der Waals surface area contributed by atoms with Crippen LogP contribution in [0.3, 0.4) is 0 Å². The summed E-state index contributed by atoms with van der Waals surface area (Å²) in [4.78, 5) is 1.31. The van der Waals surface area contributed by atoms with Gasteiger partial charge in [0.15, 0.2) is 0 Å². The molecular weight excluding hydrogens is 226 g/mol. The third-order valence-electron chi connectivity index (χ3n) is 3.28. The van der Waals surface area contributed by atoms with Gasteiger partial charge in [-0.05, 0) is 55.8 Å². The maximum Gasteiger partial charge on any atom is 0.0647 e. The standard InChI is InChI=1S/C15H19NS/c1-10-5-6-11(2)14(7-10)15(4,16)13-8-12(3)17-9-13/h5-9H,16H2,1-4H3. The van der Waals surface area contributed by atoms with Gasteiger partial charge in [-0.1, -0.05) is 23.8 Å². The Morgan fingerprint density at radius 1 is 1.12 bits per heavy atom. The highest BCUT2D eigenvalue weighted by Gasteiger charge is 2.26. The van der Waals surface area contributed by atoms with E-state index in [2.05, 4.69) is 57.3 Å². The summed E-state index contributed by atoms with van der Waals surface area (Å²) in [6.07, 6.45) is 0. The average Bonchev–Trinajstić information content (AvgIpc) is 2.69. The largest absolute Gasteiger partial charge is 0.318 e. The monoisotopic (exact) mass is 245 g/mol. The minimum absolute atomic E-state index is 0.402. The molecule has 2 N–H and O–H groups in total. The van der Waals surface area contributed by atoms with Crippen molar-refractivity contribution in [3.8, 4) is 0 Å². The Hall–Kier alpha value is -1.12. The molecule has 1 aromatic carbocycles. The first kappa shape index (κ1) is 12.3. The van der Waals surface area contributed by atoms with E-state index >= 15 is 0 Å². The average molecular weight is 245 g/mol. The summed E-state index contributed by atoms with van der Waals surface area (Å²) in [5, 5.41) is 2.16. The Kier molecular flexibility index (Phi) is 3.11. The normalized spacial score (nSPS) is 14.6.